The van der Waals surface area contributed by atoms with Gasteiger partial charge in [-0.25, -0.2) is 0 Å². The van der Waals surface area contributed by atoms with Crippen LogP contribution in [-0.2, 0) is 11.8 Å². The highest BCUT2D eigenvalue weighted by Crippen LogP contribution is 2.71. The van der Waals surface area contributed by atoms with Gasteiger partial charge in [-0.05, 0) is 104 Å². The molecule has 4 rings (SSSR count). The Balaban J connectivity index is 1.88. The van der Waals surface area contributed by atoms with E-state index < -0.39 is 0 Å². The molecule has 3 aliphatic rings. The number of likely N-dealkylation sites (N-methyl/N-ethyl adjacent to an activating group) is 1. The number of fused-ring (bicyclic) bond motifs is 1. The topological polar surface area (TPSA) is 36.5 Å². The van der Waals surface area contributed by atoms with Gasteiger partial charge in [0.25, 0.3) is 0 Å². The fourth-order valence-electron chi connectivity index (χ4n) is 8.36. The van der Waals surface area contributed by atoms with Gasteiger partial charge in [0, 0.05) is 11.5 Å². The number of hydrogen-bond acceptors (Lipinski definition) is 4. The second-order valence-corrected chi connectivity index (χ2v) is 11.7. The van der Waals surface area contributed by atoms with Gasteiger partial charge in [0.1, 0.15) is 5.75 Å². The first-order valence-electron chi connectivity index (χ1n) is 13.0. The quantitative estimate of drug-likeness (QED) is 0.414. The minimum atomic E-state index is 0.0823. The van der Waals surface area contributed by atoms with Gasteiger partial charge in [-0.1, -0.05) is 47.1 Å². The van der Waals surface area contributed by atoms with Crippen molar-refractivity contribution in [2.45, 2.75) is 84.9 Å². The van der Waals surface area contributed by atoms with Crippen LogP contribution in [0.15, 0.2) is 36.9 Å². The molecule has 4 atom stereocenters. The Hall–Kier alpha value is -1.81. The summed E-state index contributed by atoms with van der Waals surface area (Å²) in [7, 11) is 6.20. The van der Waals surface area contributed by atoms with E-state index in [2.05, 4.69) is 75.4 Å². The van der Waals surface area contributed by atoms with Crippen molar-refractivity contribution < 1.29 is 4.74 Å². The van der Waals surface area contributed by atoms with Crippen LogP contribution in [0.4, 0.5) is 0 Å². The van der Waals surface area contributed by atoms with Gasteiger partial charge in [0.15, 0.2) is 5.88 Å². The molecule has 2 N–H and O–H groups in total. The van der Waals surface area contributed by atoms with Crippen LogP contribution in [0.3, 0.4) is 0 Å². The summed E-state index contributed by atoms with van der Waals surface area (Å²) in [5.74, 6) is 2.07. The second-order valence-electron chi connectivity index (χ2n) is 11.7. The van der Waals surface area contributed by atoms with Gasteiger partial charge >= 0.3 is 0 Å². The molecule has 1 heterocycles. The van der Waals surface area contributed by atoms with Gasteiger partial charge in [-0.2, -0.15) is 0 Å². The van der Waals surface area contributed by atoms with Crippen LogP contribution in [0, 0.1) is 23.7 Å². The lowest BCUT2D eigenvalue weighted by atomic mass is 9.35. The number of benzene rings is 1. The fourth-order valence-corrected chi connectivity index (χ4v) is 8.36. The smallest absolute Gasteiger partial charge is 0.243 e. The van der Waals surface area contributed by atoms with E-state index in [9.17, 15) is 0 Å². The largest absolute Gasteiger partial charge is 0.443 e. The molecule has 1 aliphatic heterocycles. The van der Waals surface area contributed by atoms with Gasteiger partial charge in [0.2, 0.25) is 14.8 Å². The predicted molar refractivity (Wildman–Crippen MR) is 145 cm³/mol. The summed E-state index contributed by atoms with van der Waals surface area (Å²) in [6.45, 7) is 23.5. The van der Waals surface area contributed by atoms with E-state index in [0.717, 1.165) is 30.8 Å². The van der Waals surface area contributed by atoms with Crippen molar-refractivity contribution in [3.63, 3.8) is 0 Å². The van der Waals surface area contributed by atoms with E-state index in [1.54, 1.807) is 5.56 Å². The zero-order valence-electron chi connectivity index (χ0n) is 22.5. The van der Waals surface area contributed by atoms with E-state index in [1.165, 1.54) is 30.4 Å². The fraction of sp³-hybridized carbons (Fsp3) is 0.643. The normalized spacial score (nSPS) is 31.5. The van der Waals surface area contributed by atoms with E-state index >= 15 is 0 Å². The Morgan fingerprint density at radius 3 is 2.53 bits per heavy atom. The molecule has 0 spiro atoms. The Labute approximate surface area is 209 Å². The molecule has 1 aromatic rings. The van der Waals surface area contributed by atoms with Crippen molar-refractivity contribution in [2.24, 2.45) is 16.7 Å². The SMILES string of the molecule is C=C(CC1CCC2(C)[C@@H]3Cc4ccc(OC(=C)N[B]C)c(C)c4[C@@]2(CCN3C)C1(C)C)N[B]C. The molecule has 2 fully saturated rings. The molecular formula is C28H43B2N3O. The highest BCUT2D eigenvalue weighted by atomic mass is 16.5. The van der Waals surface area contributed by atoms with Crippen LogP contribution < -0.4 is 15.2 Å². The minimum Gasteiger partial charge on any atom is -0.443 e. The Bertz CT molecular complexity index is 977. The molecule has 2 aliphatic carbocycles. The van der Waals surface area contributed by atoms with E-state index in [1.807, 2.05) is 28.5 Å². The highest BCUT2D eigenvalue weighted by molar-refractivity contribution is 6.30. The number of allylic oxidation sites excluding steroid dienone is 1. The molecule has 2 bridgehead atoms. The lowest BCUT2D eigenvalue weighted by Gasteiger charge is -2.72. The molecule has 2 radical (unpaired) electrons. The van der Waals surface area contributed by atoms with Crippen LogP contribution in [0.2, 0.25) is 13.6 Å². The molecule has 1 saturated heterocycles. The minimum absolute atomic E-state index is 0.0823. The lowest BCUT2D eigenvalue weighted by Crippen LogP contribution is -2.72. The van der Waals surface area contributed by atoms with E-state index in [0.29, 0.717) is 17.8 Å². The van der Waals surface area contributed by atoms with Crippen LogP contribution in [-0.4, -0.2) is 39.4 Å². The molecule has 1 saturated carbocycles. The van der Waals surface area contributed by atoms with Crippen molar-refractivity contribution in [3.05, 3.63) is 53.6 Å². The van der Waals surface area contributed by atoms with Crippen molar-refractivity contribution in [1.29, 1.82) is 0 Å². The Morgan fingerprint density at radius 2 is 1.85 bits per heavy atom. The summed E-state index contributed by atoms with van der Waals surface area (Å²) in [5.41, 5.74) is 5.90. The van der Waals surface area contributed by atoms with E-state index in [-0.39, 0.29) is 16.2 Å². The standard InChI is InChI=1S/C28H43B2N3O/c1-18(31-29-7)16-22-12-13-27(6)24-17-21-10-11-23(34-20(3)32-30-8)19(2)25(21)28(27,26(22,4)5)14-15-33(24)9/h10-11,22,24,31-32H,1,3,12-17H2,2,4-9H3/t22?,24-,27?,28-/m0/s1. The van der Waals surface area contributed by atoms with Crippen LogP contribution >= 0.6 is 0 Å². The van der Waals surface area contributed by atoms with Crippen molar-refractivity contribution in [3.8, 4) is 5.75 Å². The summed E-state index contributed by atoms with van der Waals surface area (Å²) >= 11 is 0. The molecular weight excluding hydrogens is 416 g/mol. The van der Waals surface area contributed by atoms with Gasteiger partial charge in [-0.15, -0.1) is 0 Å². The second kappa shape index (κ2) is 9.00. The summed E-state index contributed by atoms with van der Waals surface area (Å²) < 4.78 is 6.24. The molecule has 182 valence electrons. The zero-order valence-corrected chi connectivity index (χ0v) is 22.5. The maximum atomic E-state index is 6.24. The first-order chi connectivity index (χ1) is 16.0. The summed E-state index contributed by atoms with van der Waals surface area (Å²) in [4.78, 5) is 2.65. The van der Waals surface area contributed by atoms with Crippen molar-refractivity contribution in [2.75, 3.05) is 13.6 Å². The van der Waals surface area contributed by atoms with Crippen LogP contribution in [0.5, 0.6) is 5.75 Å². The third-order valence-electron chi connectivity index (χ3n) is 9.94. The molecule has 34 heavy (non-hydrogen) atoms. The third kappa shape index (κ3) is 3.54. The first kappa shape index (κ1) is 25.3. The summed E-state index contributed by atoms with van der Waals surface area (Å²) in [6, 6.07) is 5.05. The first-order valence-corrected chi connectivity index (χ1v) is 13.0. The Morgan fingerprint density at radius 1 is 1.15 bits per heavy atom. The Kier molecular flexibility index (Phi) is 6.70. The maximum Gasteiger partial charge on any atom is 0.243 e. The van der Waals surface area contributed by atoms with E-state index in [4.69, 9.17) is 4.74 Å². The lowest BCUT2D eigenvalue weighted by molar-refractivity contribution is -0.157. The number of rotatable bonds is 8. The molecule has 0 amide bonds. The van der Waals surface area contributed by atoms with Crippen LogP contribution in [0.25, 0.3) is 0 Å². The van der Waals surface area contributed by atoms with Gasteiger partial charge in [-0.3, -0.25) is 0 Å². The predicted octanol–water partition coefficient (Wildman–Crippen LogP) is 5.20. The molecule has 0 aromatic heterocycles. The van der Waals surface area contributed by atoms with Crippen molar-refractivity contribution >= 4 is 14.8 Å². The maximum absolute atomic E-state index is 6.24. The summed E-state index contributed by atoms with van der Waals surface area (Å²) in [6.07, 6.45) is 5.82. The number of hydrogen-bond donors (Lipinski definition) is 2. The molecule has 1 aromatic carbocycles. The molecule has 2 unspecified atom stereocenters. The van der Waals surface area contributed by atoms with Crippen LogP contribution in [0.1, 0.15) is 63.1 Å². The third-order valence-corrected chi connectivity index (χ3v) is 9.94. The zero-order chi connectivity index (χ0) is 24.9. The average Bonchev–Trinajstić information content (AvgIpc) is 2.75. The molecule has 4 nitrogen and oxygen atoms in total. The number of nitrogens with zero attached hydrogens (tertiary/aromatic N) is 1. The van der Waals surface area contributed by atoms with Gasteiger partial charge < -0.3 is 20.1 Å². The number of piperidine rings is 1. The number of ether oxygens (including phenoxy) is 1. The average molecular weight is 459 g/mol. The highest BCUT2D eigenvalue weighted by Gasteiger charge is 2.69. The molecule has 6 heteroatoms. The monoisotopic (exact) mass is 459 g/mol. The summed E-state index contributed by atoms with van der Waals surface area (Å²) in [5, 5.41) is 6.48. The number of likely N-dealkylation sites (tertiary alicyclic amines) is 1. The van der Waals surface area contributed by atoms with Crippen molar-refractivity contribution in [1.82, 2.24) is 15.4 Å². The van der Waals surface area contributed by atoms with Gasteiger partial charge in [0.05, 0.1) is 0 Å². The number of nitrogens with one attached hydrogen (secondary N) is 2.